The third-order valence-electron chi connectivity index (χ3n) is 11.7. The van der Waals surface area contributed by atoms with Crippen LogP contribution in [0.25, 0.3) is 11.1 Å². The number of methoxy groups -OCH3 is 1. The van der Waals surface area contributed by atoms with E-state index in [4.69, 9.17) is 18.9 Å². The standard InChI is InChI=1S/C50H47N5O9S2/c1-29-6-7-35(20-30(29)2)27-62-41-18-16-38(17-19-41)46-28-63-44-23-39-22-43(55(26-40(39)24-45(44)64-46)66(59,60)49-31(3)52-50(65-49)53-32(4)56)47(57)54-42(48(58)61-5)21-33-8-12-36(13-9-33)37-14-10-34(25-51)11-15-37/h6-20,23-24,42-43,46H,21-22,26-28H2,1-5H3,(H,54,57)(H,52,53,56)/t42?,43-,46+/m0/s1. The van der Waals surface area contributed by atoms with Gasteiger partial charge in [0.15, 0.2) is 26.9 Å². The Bertz CT molecular complexity index is 2970. The topological polar surface area (TPSA) is 186 Å². The number of ether oxygens (including phenoxy) is 4. The average Bonchev–Trinajstić information content (AvgIpc) is 3.70. The lowest BCUT2D eigenvalue weighted by Crippen LogP contribution is -2.56. The Balaban J connectivity index is 1.04. The third-order valence-corrected chi connectivity index (χ3v) is 15.2. The molecule has 14 nitrogen and oxygen atoms in total. The van der Waals surface area contributed by atoms with Crippen molar-refractivity contribution in [2.75, 3.05) is 19.0 Å². The first-order chi connectivity index (χ1) is 31.7. The minimum absolute atomic E-state index is 0.0545. The van der Waals surface area contributed by atoms with E-state index in [1.807, 2.05) is 60.7 Å². The van der Waals surface area contributed by atoms with Crippen LogP contribution in [-0.4, -0.2) is 61.3 Å². The lowest BCUT2D eigenvalue weighted by molar-refractivity contribution is -0.145. The molecule has 2 aliphatic rings. The van der Waals surface area contributed by atoms with Crippen molar-refractivity contribution >= 4 is 44.3 Å². The minimum atomic E-state index is -4.45. The number of aromatic nitrogens is 1. The summed E-state index contributed by atoms with van der Waals surface area (Å²) in [5.74, 6) is -0.276. The zero-order valence-electron chi connectivity index (χ0n) is 36.9. The second kappa shape index (κ2) is 19.2. The summed E-state index contributed by atoms with van der Waals surface area (Å²) in [5, 5.41) is 14.6. The van der Waals surface area contributed by atoms with E-state index in [0.29, 0.717) is 46.1 Å². The number of rotatable bonds is 13. The van der Waals surface area contributed by atoms with E-state index in [-0.39, 0.29) is 41.0 Å². The number of carbonyl (C=O) groups is 3. The Morgan fingerprint density at radius 3 is 2.24 bits per heavy atom. The number of hydrogen-bond donors (Lipinski definition) is 2. The van der Waals surface area contributed by atoms with Crippen molar-refractivity contribution in [2.24, 2.45) is 0 Å². The fraction of sp³-hybridized carbons (Fsp3) is 0.260. The summed E-state index contributed by atoms with van der Waals surface area (Å²) in [6.45, 7) is 7.37. The molecule has 1 unspecified atom stereocenters. The second-order valence-corrected chi connectivity index (χ2v) is 19.4. The maximum Gasteiger partial charge on any atom is 0.328 e. The molecule has 3 atom stereocenters. The highest BCUT2D eigenvalue weighted by molar-refractivity contribution is 7.91. The van der Waals surface area contributed by atoms with Gasteiger partial charge in [0.1, 0.15) is 31.0 Å². The Morgan fingerprint density at radius 2 is 1.58 bits per heavy atom. The van der Waals surface area contributed by atoms with Crippen LogP contribution in [-0.2, 0) is 55.1 Å². The van der Waals surface area contributed by atoms with E-state index in [1.54, 1.807) is 24.3 Å². The molecule has 5 aromatic carbocycles. The fourth-order valence-corrected chi connectivity index (χ4v) is 11.1. The van der Waals surface area contributed by atoms with Crippen LogP contribution in [0.1, 0.15) is 63.2 Å². The first kappa shape index (κ1) is 45.5. The van der Waals surface area contributed by atoms with Crippen molar-refractivity contribution in [3.05, 3.63) is 153 Å². The number of anilines is 1. The van der Waals surface area contributed by atoms with Gasteiger partial charge in [-0.15, -0.1) is 0 Å². The maximum absolute atomic E-state index is 14.7. The second-order valence-electron chi connectivity index (χ2n) is 16.3. The van der Waals surface area contributed by atoms with Gasteiger partial charge in [-0.05, 0) is 114 Å². The summed E-state index contributed by atoms with van der Waals surface area (Å²) in [6.07, 6.45) is -0.479. The molecule has 0 spiro atoms. The van der Waals surface area contributed by atoms with E-state index in [0.717, 1.165) is 37.9 Å². The number of carbonyl (C=O) groups excluding carboxylic acids is 3. The van der Waals surface area contributed by atoms with Crippen LogP contribution in [0.15, 0.2) is 107 Å². The Hall–Kier alpha value is -7.06. The van der Waals surface area contributed by atoms with Crippen LogP contribution in [0.3, 0.4) is 0 Å². The molecule has 6 aromatic rings. The number of benzene rings is 5. The number of sulfonamides is 1. The molecule has 0 saturated carbocycles. The van der Waals surface area contributed by atoms with E-state index >= 15 is 0 Å². The van der Waals surface area contributed by atoms with E-state index in [9.17, 15) is 28.1 Å². The molecule has 2 aliphatic heterocycles. The molecule has 0 aliphatic carbocycles. The number of aryl methyl sites for hydroxylation is 3. The number of thiazole rings is 1. The van der Waals surface area contributed by atoms with Crippen LogP contribution >= 0.6 is 11.3 Å². The predicted octanol–water partition coefficient (Wildman–Crippen LogP) is 7.67. The summed E-state index contributed by atoms with van der Waals surface area (Å²) in [4.78, 5) is 43.9. The van der Waals surface area contributed by atoms with Gasteiger partial charge in [0.25, 0.3) is 10.0 Å². The highest BCUT2D eigenvalue weighted by Crippen LogP contribution is 2.42. The maximum atomic E-state index is 14.7. The Labute approximate surface area is 387 Å². The first-order valence-corrected chi connectivity index (χ1v) is 23.4. The van der Waals surface area contributed by atoms with E-state index in [1.165, 1.54) is 32.1 Å². The van der Waals surface area contributed by atoms with Crippen molar-refractivity contribution in [1.29, 1.82) is 5.26 Å². The van der Waals surface area contributed by atoms with Crippen molar-refractivity contribution in [1.82, 2.24) is 14.6 Å². The van der Waals surface area contributed by atoms with Crippen LogP contribution < -0.4 is 24.8 Å². The third kappa shape index (κ3) is 9.93. The largest absolute Gasteiger partial charge is 0.489 e. The number of fused-ring (bicyclic) bond motifs is 2. The highest BCUT2D eigenvalue weighted by atomic mass is 32.2. The number of amides is 2. The molecule has 2 N–H and O–H groups in total. The first-order valence-electron chi connectivity index (χ1n) is 21.2. The van der Waals surface area contributed by atoms with Crippen molar-refractivity contribution < 1.29 is 41.7 Å². The molecule has 2 amide bonds. The van der Waals surface area contributed by atoms with E-state index in [2.05, 4.69) is 53.7 Å². The van der Waals surface area contributed by atoms with Gasteiger partial charge in [0, 0.05) is 19.9 Å². The van der Waals surface area contributed by atoms with Crippen LogP contribution in [0, 0.1) is 32.1 Å². The number of nitrogens with zero attached hydrogens (tertiary/aromatic N) is 3. The van der Waals surface area contributed by atoms with Gasteiger partial charge in [-0.2, -0.15) is 9.57 Å². The molecule has 0 saturated heterocycles. The van der Waals surface area contributed by atoms with Crippen LogP contribution in [0.5, 0.6) is 17.2 Å². The zero-order valence-corrected chi connectivity index (χ0v) is 38.5. The zero-order chi connectivity index (χ0) is 46.7. The summed E-state index contributed by atoms with van der Waals surface area (Å²) in [6, 6.07) is 31.6. The van der Waals surface area contributed by atoms with Gasteiger partial charge >= 0.3 is 5.97 Å². The van der Waals surface area contributed by atoms with Crippen molar-refractivity contribution in [2.45, 2.75) is 76.1 Å². The number of esters is 1. The summed E-state index contributed by atoms with van der Waals surface area (Å²) in [5.41, 5.74) is 8.82. The fourth-order valence-electron chi connectivity index (χ4n) is 7.95. The van der Waals surface area contributed by atoms with Gasteiger partial charge in [0.2, 0.25) is 11.8 Å². The van der Waals surface area contributed by atoms with Gasteiger partial charge in [-0.1, -0.05) is 78.1 Å². The number of nitriles is 1. The molecule has 0 fully saturated rings. The average molecular weight is 926 g/mol. The van der Waals surface area contributed by atoms with Gasteiger partial charge in [-0.3, -0.25) is 9.59 Å². The molecule has 338 valence electrons. The molecule has 3 heterocycles. The molecule has 16 heteroatoms. The monoisotopic (exact) mass is 925 g/mol. The molecule has 8 rings (SSSR count). The lowest BCUT2D eigenvalue weighted by Gasteiger charge is -2.36. The molecular weight excluding hydrogens is 879 g/mol. The summed E-state index contributed by atoms with van der Waals surface area (Å²) >= 11 is 0.787. The summed E-state index contributed by atoms with van der Waals surface area (Å²) in [7, 11) is -3.23. The van der Waals surface area contributed by atoms with Gasteiger partial charge in [-0.25, -0.2) is 18.2 Å². The van der Waals surface area contributed by atoms with Crippen molar-refractivity contribution in [3.63, 3.8) is 0 Å². The predicted molar refractivity (Wildman–Crippen MR) is 248 cm³/mol. The molecule has 66 heavy (non-hydrogen) atoms. The normalized spacial score (nSPS) is 16.0. The smallest absolute Gasteiger partial charge is 0.328 e. The van der Waals surface area contributed by atoms with Crippen molar-refractivity contribution in [3.8, 4) is 34.4 Å². The van der Waals surface area contributed by atoms with Crippen LogP contribution in [0.4, 0.5) is 5.13 Å². The van der Waals surface area contributed by atoms with E-state index < -0.39 is 46.0 Å². The highest BCUT2D eigenvalue weighted by Gasteiger charge is 2.43. The minimum Gasteiger partial charge on any atom is -0.489 e. The van der Waals surface area contributed by atoms with Crippen LogP contribution in [0.2, 0.25) is 0 Å². The lowest BCUT2D eigenvalue weighted by atomic mass is 9.93. The molecular formula is C50H47N5O9S2. The molecule has 1 aromatic heterocycles. The van der Waals surface area contributed by atoms with Gasteiger partial charge in [0.05, 0.1) is 24.4 Å². The Morgan fingerprint density at radius 1 is 0.894 bits per heavy atom. The Kier molecular flexibility index (Phi) is 13.2. The molecule has 0 bridgehead atoms. The van der Waals surface area contributed by atoms with Gasteiger partial charge < -0.3 is 29.6 Å². The number of nitrogens with one attached hydrogen (secondary N) is 2. The quantitative estimate of drug-likeness (QED) is 0.108. The summed E-state index contributed by atoms with van der Waals surface area (Å²) < 4.78 is 54.3. The SMILES string of the molecule is COC(=O)C(Cc1ccc(-c2ccc(C#N)cc2)cc1)NC(=O)[C@@H]1Cc2cc3c(cc2CN1S(=O)(=O)c1sc(NC(C)=O)nc1C)O[C@@H](c1ccc(OCc2ccc(C)c(C)c2)cc1)CO3. The number of hydrogen-bond acceptors (Lipinski definition) is 12. The molecule has 0 radical (unpaired) electrons.